The van der Waals surface area contributed by atoms with Crippen molar-refractivity contribution in [2.45, 2.75) is 33.1 Å². The Balaban J connectivity index is 2.31. The molecule has 1 aliphatic carbocycles. The van der Waals surface area contributed by atoms with E-state index in [-0.39, 0.29) is 6.08 Å². The Morgan fingerprint density at radius 2 is 1.44 bits per heavy atom. The first-order valence-corrected chi connectivity index (χ1v) is 7.50. The van der Waals surface area contributed by atoms with Crippen LogP contribution < -0.4 is 0 Å². The third-order valence-electron chi connectivity index (χ3n) is 4.79. The fraction of sp³-hybridized carbons (Fsp3) is 0.529. The van der Waals surface area contributed by atoms with Crippen LogP contribution in [0.1, 0.15) is 25.0 Å². The van der Waals surface area contributed by atoms with Gasteiger partial charge in [-0.05, 0) is 23.7 Å². The number of benzene rings is 1. The Bertz CT molecular complexity index is 662. The summed E-state index contributed by atoms with van der Waals surface area (Å²) in [5.41, 5.74) is -2.32. The lowest BCUT2D eigenvalue weighted by atomic mass is 9.99. The topological polar surface area (TPSA) is 9.23 Å². The average Bonchev–Trinajstić information content (AvgIpc) is 3.03. The zero-order valence-corrected chi connectivity index (χ0v) is 13.8. The first-order chi connectivity index (χ1) is 11.4. The summed E-state index contributed by atoms with van der Waals surface area (Å²) in [6, 6.07) is 0. The Labute approximate surface area is 140 Å². The predicted octanol–water partition coefficient (Wildman–Crippen LogP) is 5.32. The molecule has 25 heavy (non-hydrogen) atoms. The molecule has 0 aromatic heterocycles. The third-order valence-corrected chi connectivity index (χ3v) is 4.79. The van der Waals surface area contributed by atoms with E-state index in [1.54, 1.807) is 13.8 Å². The standard InChI is InChI=1S/C17H17F7O/c1-16(2)10(4-5-17(22,23)24)11(16)6-8-12(18)14(20)9(7-25-3)15(21)13(8)19/h4-5,10-11H,6-7H2,1-3H3. The molecule has 2 unspecified atom stereocenters. The van der Waals surface area contributed by atoms with Crippen LogP contribution in [-0.4, -0.2) is 13.3 Å². The lowest BCUT2D eigenvalue weighted by Crippen LogP contribution is -2.11. The molecule has 0 amide bonds. The summed E-state index contributed by atoms with van der Waals surface area (Å²) in [6.45, 7) is 2.62. The van der Waals surface area contributed by atoms with Gasteiger partial charge in [0.2, 0.25) is 0 Å². The Hall–Kier alpha value is -1.57. The maximum Gasteiger partial charge on any atom is 0.409 e. The first kappa shape index (κ1) is 19.8. The van der Waals surface area contributed by atoms with Gasteiger partial charge in [0.1, 0.15) is 0 Å². The van der Waals surface area contributed by atoms with Gasteiger partial charge in [-0.2, -0.15) is 13.2 Å². The minimum Gasteiger partial charge on any atom is -0.380 e. The smallest absolute Gasteiger partial charge is 0.380 e. The van der Waals surface area contributed by atoms with Gasteiger partial charge < -0.3 is 4.74 Å². The van der Waals surface area contributed by atoms with Gasteiger partial charge in [0.25, 0.3) is 0 Å². The van der Waals surface area contributed by atoms with Crippen molar-refractivity contribution in [2.24, 2.45) is 17.3 Å². The molecule has 1 aromatic carbocycles. The highest BCUT2D eigenvalue weighted by molar-refractivity contribution is 5.32. The van der Waals surface area contributed by atoms with Gasteiger partial charge in [-0.3, -0.25) is 0 Å². The molecule has 0 heterocycles. The van der Waals surface area contributed by atoms with E-state index < -0.39 is 70.9 Å². The third kappa shape index (κ3) is 3.83. The first-order valence-electron chi connectivity index (χ1n) is 7.50. The molecule has 1 fully saturated rings. The summed E-state index contributed by atoms with van der Waals surface area (Å²) < 4.78 is 97.5. The van der Waals surface area contributed by atoms with Crippen molar-refractivity contribution >= 4 is 0 Å². The molecule has 140 valence electrons. The number of allylic oxidation sites excluding steroid dienone is 2. The molecular weight excluding hydrogens is 353 g/mol. The van der Waals surface area contributed by atoms with E-state index >= 15 is 0 Å². The molecule has 2 atom stereocenters. The second-order valence-corrected chi connectivity index (χ2v) is 6.70. The number of alkyl halides is 3. The van der Waals surface area contributed by atoms with Gasteiger partial charge in [0, 0.05) is 18.7 Å². The second kappa shape index (κ2) is 6.63. The summed E-state index contributed by atoms with van der Waals surface area (Å²) in [7, 11) is 1.12. The molecule has 2 rings (SSSR count). The molecule has 0 radical (unpaired) electrons. The van der Waals surface area contributed by atoms with Gasteiger partial charge in [0.05, 0.1) is 12.2 Å². The van der Waals surface area contributed by atoms with Gasteiger partial charge in [0.15, 0.2) is 23.3 Å². The molecular formula is C17H17F7O. The van der Waals surface area contributed by atoms with E-state index in [1.165, 1.54) is 0 Å². The summed E-state index contributed by atoms with van der Waals surface area (Å²) in [6.07, 6.45) is -3.92. The van der Waals surface area contributed by atoms with E-state index in [4.69, 9.17) is 0 Å². The molecule has 1 nitrogen and oxygen atoms in total. The molecule has 1 saturated carbocycles. The van der Waals surface area contributed by atoms with Crippen LogP contribution >= 0.6 is 0 Å². The molecule has 0 aliphatic heterocycles. The zero-order chi connectivity index (χ0) is 19.2. The summed E-state index contributed by atoms with van der Waals surface area (Å²) in [4.78, 5) is 0. The average molecular weight is 370 g/mol. The van der Waals surface area contributed by atoms with Crippen LogP contribution in [0.4, 0.5) is 30.7 Å². The van der Waals surface area contributed by atoms with Crippen molar-refractivity contribution in [2.75, 3.05) is 7.11 Å². The highest BCUT2D eigenvalue weighted by Gasteiger charge is 2.56. The molecule has 1 aromatic rings. The monoisotopic (exact) mass is 370 g/mol. The lowest BCUT2D eigenvalue weighted by Gasteiger charge is -2.12. The van der Waals surface area contributed by atoms with Gasteiger partial charge >= 0.3 is 6.18 Å². The van der Waals surface area contributed by atoms with Crippen LogP contribution in [0.3, 0.4) is 0 Å². The summed E-state index contributed by atoms with van der Waals surface area (Å²) in [5.74, 6) is -7.33. The molecule has 8 heteroatoms. The second-order valence-electron chi connectivity index (χ2n) is 6.70. The SMILES string of the molecule is COCc1c(F)c(F)c(CC2C(C=CC(F)(F)F)C2(C)C)c(F)c1F. The van der Waals surface area contributed by atoms with E-state index in [2.05, 4.69) is 4.74 Å². The number of hydrogen-bond acceptors (Lipinski definition) is 1. The van der Waals surface area contributed by atoms with Gasteiger partial charge in [-0.15, -0.1) is 0 Å². The van der Waals surface area contributed by atoms with Crippen molar-refractivity contribution in [3.63, 3.8) is 0 Å². The van der Waals surface area contributed by atoms with Crippen LogP contribution in [0.15, 0.2) is 12.2 Å². The van der Waals surface area contributed by atoms with Crippen molar-refractivity contribution in [3.05, 3.63) is 46.5 Å². The maximum absolute atomic E-state index is 14.1. The molecule has 0 N–H and O–H groups in total. The fourth-order valence-electron chi connectivity index (χ4n) is 3.16. The van der Waals surface area contributed by atoms with Crippen molar-refractivity contribution in [1.29, 1.82) is 0 Å². The van der Waals surface area contributed by atoms with E-state index in [0.717, 1.165) is 13.2 Å². The van der Waals surface area contributed by atoms with Crippen LogP contribution in [0.25, 0.3) is 0 Å². The maximum atomic E-state index is 14.1. The fourth-order valence-corrected chi connectivity index (χ4v) is 3.16. The number of ether oxygens (including phenoxy) is 1. The minimum absolute atomic E-state index is 0.0645. The van der Waals surface area contributed by atoms with Gasteiger partial charge in [-0.25, -0.2) is 17.6 Å². The predicted molar refractivity (Wildman–Crippen MR) is 76.6 cm³/mol. The summed E-state index contributed by atoms with van der Waals surface area (Å²) >= 11 is 0. The van der Waals surface area contributed by atoms with Gasteiger partial charge in [-0.1, -0.05) is 19.9 Å². The van der Waals surface area contributed by atoms with E-state index in [9.17, 15) is 30.7 Å². The van der Waals surface area contributed by atoms with Crippen LogP contribution in [0, 0.1) is 40.5 Å². The van der Waals surface area contributed by atoms with E-state index in [0.29, 0.717) is 0 Å². The largest absolute Gasteiger partial charge is 0.409 e. The molecule has 0 spiro atoms. The summed E-state index contributed by atoms with van der Waals surface area (Å²) in [5, 5.41) is 0. The van der Waals surface area contributed by atoms with Crippen molar-refractivity contribution in [1.82, 2.24) is 0 Å². The van der Waals surface area contributed by atoms with Crippen LogP contribution in [-0.2, 0) is 17.8 Å². The lowest BCUT2D eigenvalue weighted by molar-refractivity contribution is -0.0801. The number of methoxy groups -OCH3 is 1. The molecule has 0 saturated heterocycles. The number of rotatable bonds is 5. The highest BCUT2D eigenvalue weighted by Crippen LogP contribution is 2.60. The Morgan fingerprint density at radius 3 is 1.88 bits per heavy atom. The zero-order valence-electron chi connectivity index (χ0n) is 13.8. The van der Waals surface area contributed by atoms with Crippen molar-refractivity contribution in [3.8, 4) is 0 Å². The number of hydrogen-bond donors (Lipinski definition) is 0. The quantitative estimate of drug-likeness (QED) is 0.387. The number of halogens is 7. The Kier molecular flexibility index (Phi) is 5.23. The normalized spacial score (nSPS) is 22.6. The van der Waals surface area contributed by atoms with Crippen LogP contribution in [0.5, 0.6) is 0 Å². The van der Waals surface area contributed by atoms with E-state index in [1.807, 2.05) is 0 Å². The molecule has 0 bridgehead atoms. The van der Waals surface area contributed by atoms with Crippen molar-refractivity contribution < 1.29 is 35.5 Å². The highest BCUT2D eigenvalue weighted by atomic mass is 19.4. The Morgan fingerprint density at radius 1 is 0.960 bits per heavy atom. The van der Waals surface area contributed by atoms with Crippen LogP contribution in [0.2, 0.25) is 0 Å². The minimum atomic E-state index is -4.50. The molecule has 1 aliphatic rings.